The van der Waals surface area contributed by atoms with Gasteiger partial charge in [-0.25, -0.2) is 4.98 Å². The number of rotatable bonds is 3. The van der Waals surface area contributed by atoms with E-state index in [1.165, 1.54) is 24.0 Å². The SMILES string of the molecule is Cc1cc2nc(N=NC3=C(O)OCC3=O)n(C3CCCC3)c2cc1C. The van der Waals surface area contributed by atoms with E-state index in [2.05, 4.69) is 45.8 Å². The van der Waals surface area contributed by atoms with Crippen molar-refractivity contribution in [3.8, 4) is 0 Å². The van der Waals surface area contributed by atoms with Crippen LogP contribution in [0.3, 0.4) is 0 Å². The summed E-state index contributed by atoms with van der Waals surface area (Å²) in [5.74, 6) is -0.382. The molecule has 4 rings (SSSR count). The number of azo groups is 1. The third kappa shape index (κ3) is 2.69. The Balaban J connectivity index is 1.83. The second-order valence-corrected chi connectivity index (χ2v) is 6.71. The number of imidazole rings is 1. The van der Waals surface area contributed by atoms with Crippen molar-refractivity contribution in [2.45, 2.75) is 45.6 Å². The predicted molar refractivity (Wildman–Crippen MR) is 91.8 cm³/mol. The largest absolute Gasteiger partial charge is 0.479 e. The van der Waals surface area contributed by atoms with Crippen molar-refractivity contribution < 1.29 is 14.6 Å². The average Bonchev–Trinajstić information content (AvgIpc) is 3.27. The highest BCUT2D eigenvalue weighted by atomic mass is 16.6. The van der Waals surface area contributed by atoms with E-state index < -0.39 is 5.95 Å². The van der Waals surface area contributed by atoms with E-state index in [1.807, 2.05) is 0 Å². The molecule has 1 aliphatic heterocycles. The molecule has 130 valence electrons. The zero-order chi connectivity index (χ0) is 17.6. The van der Waals surface area contributed by atoms with Gasteiger partial charge in [0, 0.05) is 6.04 Å². The second kappa shape index (κ2) is 5.98. The number of Topliss-reactive ketones (excluding diaryl/α,β-unsaturated/α-hetero) is 1. The fourth-order valence-corrected chi connectivity index (χ4v) is 3.51. The molecule has 0 amide bonds. The lowest BCUT2D eigenvalue weighted by atomic mass is 10.1. The number of nitrogens with zero attached hydrogens (tertiary/aromatic N) is 4. The molecule has 1 aliphatic carbocycles. The number of hydrogen-bond donors (Lipinski definition) is 1. The van der Waals surface area contributed by atoms with Gasteiger partial charge in [0.05, 0.1) is 11.0 Å². The number of ether oxygens (including phenoxy) is 1. The number of ketones is 1. The molecule has 0 unspecified atom stereocenters. The van der Waals surface area contributed by atoms with E-state index in [0.29, 0.717) is 12.0 Å². The summed E-state index contributed by atoms with van der Waals surface area (Å²) >= 11 is 0. The molecule has 1 aromatic carbocycles. The van der Waals surface area contributed by atoms with Crippen molar-refractivity contribution in [1.82, 2.24) is 9.55 Å². The van der Waals surface area contributed by atoms with Crippen molar-refractivity contribution in [3.05, 3.63) is 34.9 Å². The number of carbonyl (C=O) groups excluding carboxylic acids is 1. The standard InChI is InChI=1S/C18H20N4O3/c1-10-7-13-14(8-11(10)2)22(12-5-3-4-6-12)18(19-13)21-20-16-15(23)9-25-17(16)24/h7-8,12,24H,3-6,9H2,1-2H3. The van der Waals surface area contributed by atoms with Gasteiger partial charge in [-0.1, -0.05) is 12.8 Å². The van der Waals surface area contributed by atoms with Gasteiger partial charge in [-0.3, -0.25) is 4.79 Å². The third-order valence-electron chi connectivity index (χ3n) is 5.02. The molecule has 0 radical (unpaired) electrons. The first kappa shape index (κ1) is 15.8. The molecule has 7 nitrogen and oxygen atoms in total. The predicted octanol–water partition coefficient (Wildman–Crippen LogP) is 4.18. The van der Waals surface area contributed by atoms with E-state index in [0.717, 1.165) is 23.9 Å². The highest BCUT2D eigenvalue weighted by Gasteiger charge is 2.26. The molecule has 1 fully saturated rings. The number of fused-ring (bicyclic) bond motifs is 1. The zero-order valence-corrected chi connectivity index (χ0v) is 14.3. The molecule has 0 bridgehead atoms. The summed E-state index contributed by atoms with van der Waals surface area (Å²) in [5.41, 5.74) is 4.14. The number of aliphatic hydroxyl groups is 1. The van der Waals surface area contributed by atoms with Crippen molar-refractivity contribution in [3.63, 3.8) is 0 Å². The summed E-state index contributed by atoms with van der Waals surface area (Å²) in [6, 6.07) is 4.52. The molecular formula is C18H20N4O3. The van der Waals surface area contributed by atoms with E-state index in [1.54, 1.807) is 0 Å². The van der Waals surface area contributed by atoms with Crippen molar-refractivity contribution >= 4 is 22.8 Å². The van der Waals surface area contributed by atoms with Crippen LogP contribution in [0.5, 0.6) is 0 Å². The first-order chi connectivity index (χ1) is 12.0. The van der Waals surface area contributed by atoms with Gasteiger partial charge in [0.25, 0.3) is 5.95 Å². The summed E-state index contributed by atoms with van der Waals surface area (Å²) in [4.78, 5) is 16.3. The Hall–Kier alpha value is -2.70. The molecule has 25 heavy (non-hydrogen) atoms. The maximum Gasteiger partial charge on any atom is 0.310 e. The number of aromatic nitrogens is 2. The van der Waals surface area contributed by atoms with Crippen LogP contribution in [-0.4, -0.2) is 27.0 Å². The lowest BCUT2D eigenvalue weighted by Gasteiger charge is -2.14. The minimum absolute atomic E-state index is 0.141. The minimum atomic E-state index is -0.469. The lowest BCUT2D eigenvalue weighted by molar-refractivity contribution is -0.116. The van der Waals surface area contributed by atoms with Crippen LogP contribution in [0.1, 0.15) is 42.9 Å². The molecule has 1 N–H and O–H groups in total. The number of benzene rings is 1. The molecule has 7 heteroatoms. The van der Waals surface area contributed by atoms with Gasteiger partial charge in [0.15, 0.2) is 6.61 Å². The molecule has 1 saturated carbocycles. The van der Waals surface area contributed by atoms with Crippen LogP contribution >= 0.6 is 0 Å². The van der Waals surface area contributed by atoms with Crippen molar-refractivity contribution in [2.75, 3.05) is 6.61 Å². The highest BCUT2D eigenvalue weighted by molar-refractivity contribution is 5.97. The van der Waals surface area contributed by atoms with Gasteiger partial charge in [0.1, 0.15) is 0 Å². The number of carbonyl (C=O) groups is 1. The molecule has 0 saturated heterocycles. The number of hydrogen-bond acceptors (Lipinski definition) is 6. The van der Waals surface area contributed by atoms with Crippen LogP contribution in [0, 0.1) is 13.8 Å². The van der Waals surface area contributed by atoms with Crippen LogP contribution in [0.4, 0.5) is 5.95 Å². The van der Waals surface area contributed by atoms with Gasteiger partial charge in [-0.15, -0.1) is 10.2 Å². The summed E-state index contributed by atoms with van der Waals surface area (Å²) in [6.07, 6.45) is 4.53. The van der Waals surface area contributed by atoms with Crippen molar-refractivity contribution in [1.29, 1.82) is 0 Å². The fraction of sp³-hybridized carbons (Fsp3) is 0.444. The topological polar surface area (TPSA) is 89.1 Å². The summed E-state index contributed by atoms with van der Waals surface area (Å²) in [5, 5.41) is 17.7. The maximum absolute atomic E-state index is 11.7. The minimum Gasteiger partial charge on any atom is -0.479 e. The number of aliphatic hydroxyl groups excluding tert-OH is 1. The van der Waals surface area contributed by atoms with Crippen LogP contribution in [0.2, 0.25) is 0 Å². The molecule has 1 aromatic heterocycles. The molecule has 2 aromatic rings. The van der Waals surface area contributed by atoms with Crippen molar-refractivity contribution in [2.24, 2.45) is 10.2 Å². The summed E-state index contributed by atoms with van der Waals surface area (Å²) < 4.78 is 6.91. The Morgan fingerprint density at radius 3 is 2.60 bits per heavy atom. The Bertz CT molecular complexity index is 920. The van der Waals surface area contributed by atoms with Gasteiger partial charge in [0.2, 0.25) is 11.5 Å². The lowest BCUT2D eigenvalue weighted by Crippen LogP contribution is -2.04. The van der Waals surface area contributed by atoms with Crippen LogP contribution in [0.25, 0.3) is 11.0 Å². The quantitative estimate of drug-likeness (QED) is 0.849. The van der Waals surface area contributed by atoms with Gasteiger partial charge in [-0.05, 0) is 49.9 Å². The molecule has 0 atom stereocenters. The maximum atomic E-state index is 11.7. The third-order valence-corrected chi connectivity index (χ3v) is 5.02. The van der Waals surface area contributed by atoms with E-state index in [4.69, 9.17) is 4.74 Å². The Labute approximate surface area is 145 Å². The molecule has 0 spiro atoms. The smallest absolute Gasteiger partial charge is 0.310 e. The van der Waals surface area contributed by atoms with E-state index >= 15 is 0 Å². The normalized spacial score (nSPS) is 18.9. The average molecular weight is 340 g/mol. The Kier molecular flexibility index (Phi) is 3.78. The van der Waals surface area contributed by atoms with Crippen LogP contribution in [-0.2, 0) is 9.53 Å². The molecule has 2 heterocycles. The van der Waals surface area contributed by atoms with Gasteiger partial charge >= 0.3 is 5.95 Å². The Morgan fingerprint density at radius 1 is 1.20 bits per heavy atom. The molecular weight excluding hydrogens is 320 g/mol. The Morgan fingerprint density at radius 2 is 1.92 bits per heavy atom. The van der Waals surface area contributed by atoms with E-state index in [9.17, 15) is 9.90 Å². The molecule has 2 aliphatic rings. The van der Waals surface area contributed by atoms with E-state index in [-0.39, 0.29) is 18.1 Å². The highest BCUT2D eigenvalue weighted by Crippen LogP contribution is 2.37. The number of aryl methyl sites for hydroxylation is 2. The second-order valence-electron chi connectivity index (χ2n) is 6.71. The van der Waals surface area contributed by atoms with Gasteiger partial charge < -0.3 is 14.4 Å². The van der Waals surface area contributed by atoms with Gasteiger partial charge in [-0.2, -0.15) is 0 Å². The van der Waals surface area contributed by atoms with Crippen LogP contribution < -0.4 is 0 Å². The zero-order valence-electron chi connectivity index (χ0n) is 14.3. The summed E-state index contributed by atoms with van der Waals surface area (Å²) in [7, 11) is 0. The monoisotopic (exact) mass is 340 g/mol. The summed E-state index contributed by atoms with van der Waals surface area (Å²) in [6.45, 7) is 3.94. The van der Waals surface area contributed by atoms with Crippen LogP contribution in [0.15, 0.2) is 34.0 Å². The first-order valence-electron chi connectivity index (χ1n) is 8.55. The fourth-order valence-electron chi connectivity index (χ4n) is 3.51. The first-order valence-corrected chi connectivity index (χ1v) is 8.55.